The molecule has 5 heteroatoms. The Labute approximate surface area is 132 Å². The fourth-order valence-corrected chi connectivity index (χ4v) is 3.05. The number of aryl methyl sites for hydroxylation is 3. The fourth-order valence-electron chi connectivity index (χ4n) is 1.99. The first-order valence-electron chi connectivity index (χ1n) is 6.53. The maximum absolute atomic E-state index is 12.1. The van der Waals surface area contributed by atoms with Gasteiger partial charge in [-0.2, -0.15) is 5.10 Å². The standard InChI is InChI=1S/C16H17ClN2OS/c1-11-7-9-14(10-8-11)21(20)19-18-16(17)15-12(2)5-4-6-13(15)3/h4-10,19H,1-3H3/b18-16-. The van der Waals surface area contributed by atoms with Crippen molar-refractivity contribution in [1.82, 2.24) is 4.83 Å². The van der Waals surface area contributed by atoms with Crippen LogP contribution in [0.15, 0.2) is 52.5 Å². The van der Waals surface area contributed by atoms with Crippen LogP contribution in [0, 0.1) is 20.8 Å². The summed E-state index contributed by atoms with van der Waals surface area (Å²) >= 11 is 6.23. The van der Waals surface area contributed by atoms with Crippen molar-refractivity contribution in [3.8, 4) is 0 Å². The Morgan fingerprint density at radius 2 is 1.62 bits per heavy atom. The highest BCUT2D eigenvalue weighted by Crippen LogP contribution is 2.16. The number of rotatable bonds is 4. The zero-order valence-corrected chi connectivity index (χ0v) is 13.8. The normalized spacial score (nSPS) is 13.0. The van der Waals surface area contributed by atoms with Crippen molar-refractivity contribution >= 4 is 27.8 Å². The van der Waals surface area contributed by atoms with E-state index in [4.69, 9.17) is 11.6 Å². The Morgan fingerprint density at radius 3 is 2.19 bits per heavy atom. The van der Waals surface area contributed by atoms with E-state index < -0.39 is 11.0 Å². The first kappa shape index (κ1) is 15.7. The quantitative estimate of drug-likeness (QED) is 0.675. The van der Waals surface area contributed by atoms with Crippen molar-refractivity contribution < 1.29 is 4.21 Å². The monoisotopic (exact) mass is 320 g/mol. The molecule has 2 rings (SSSR count). The van der Waals surface area contributed by atoms with Crippen molar-refractivity contribution in [2.75, 3.05) is 0 Å². The first-order chi connectivity index (χ1) is 9.99. The third kappa shape index (κ3) is 3.93. The second kappa shape index (κ2) is 6.87. The van der Waals surface area contributed by atoms with Crippen LogP contribution in [0.25, 0.3) is 0 Å². The number of nitrogens with one attached hydrogen (secondary N) is 1. The lowest BCUT2D eigenvalue weighted by atomic mass is 10.0. The van der Waals surface area contributed by atoms with Crippen LogP contribution in [0.3, 0.4) is 0 Å². The summed E-state index contributed by atoms with van der Waals surface area (Å²) in [6, 6.07) is 13.3. The predicted octanol–water partition coefficient (Wildman–Crippen LogP) is 3.82. The van der Waals surface area contributed by atoms with Gasteiger partial charge in [0.2, 0.25) is 0 Å². The lowest BCUT2D eigenvalue weighted by Gasteiger charge is -2.08. The molecule has 3 nitrogen and oxygen atoms in total. The largest absolute Gasteiger partial charge is 0.230 e. The molecule has 0 bridgehead atoms. The summed E-state index contributed by atoms with van der Waals surface area (Å²) in [5.41, 5.74) is 4.05. The van der Waals surface area contributed by atoms with Crippen LogP contribution in [0.5, 0.6) is 0 Å². The van der Waals surface area contributed by atoms with Gasteiger partial charge >= 0.3 is 0 Å². The van der Waals surface area contributed by atoms with Crippen molar-refractivity contribution in [3.63, 3.8) is 0 Å². The number of halogens is 1. The van der Waals surface area contributed by atoms with Crippen LogP contribution in [-0.4, -0.2) is 9.38 Å². The molecule has 0 saturated carbocycles. The lowest BCUT2D eigenvalue weighted by Crippen LogP contribution is -2.13. The van der Waals surface area contributed by atoms with E-state index in [1.165, 1.54) is 0 Å². The molecule has 1 atom stereocenters. The van der Waals surface area contributed by atoms with Crippen LogP contribution < -0.4 is 4.83 Å². The zero-order chi connectivity index (χ0) is 15.4. The Balaban J connectivity index is 2.17. The minimum absolute atomic E-state index is 0.311. The van der Waals surface area contributed by atoms with Crippen LogP contribution in [0.2, 0.25) is 0 Å². The molecule has 21 heavy (non-hydrogen) atoms. The average Bonchev–Trinajstić information content (AvgIpc) is 2.45. The number of hydrogen-bond donors (Lipinski definition) is 1. The minimum Gasteiger partial charge on any atom is -0.230 e. The first-order valence-corrected chi connectivity index (χ1v) is 8.05. The molecule has 0 amide bonds. The molecular weight excluding hydrogens is 304 g/mol. The molecule has 2 aromatic carbocycles. The number of nitrogens with zero attached hydrogens (tertiary/aromatic N) is 1. The van der Waals surface area contributed by atoms with Gasteiger partial charge in [-0.3, -0.25) is 0 Å². The summed E-state index contributed by atoms with van der Waals surface area (Å²) < 4.78 is 12.1. The minimum atomic E-state index is -1.42. The number of benzene rings is 2. The van der Waals surface area contributed by atoms with Crippen molar-refractivity contribution in [2.24, 2.45) is 5.10 Å². The Kier molecular flexibility index (Phi) is 5.15. The number of hydrogen-bond acceptors (Lipinski definition) is 2. The van der Waals surface area contributed by atoms with Crippen LogP contribution in [0.4, 0.5) is 0 Å². The summed E-state index contributed by atoms with van der Waals surface area (Å²) in [5, 5.41) is 4.36. The smallest absolute Gasteiger partial charge is 0.166 e. The zero-order valence-electron chi connectivity index (χ0n) is 12.2. The van der Waals surface area contributed by atoms with E-state index in [1.54, 1.807) is 12.1 Å². The molecule has 0 aromatic heterocycles. The molecule has 0 heterocycles. The van der Waals surface area contributed by atoms with Gasteiger partial charge in [-0.15, -0.1) is 0 Å². The average molecular weight is 321 g/mol. The summed E-state index contributed by atoms with van der Waals surface area (Å²) in [4.78, 5) is 3.26. The maximum Gasteiger partial charge on any atom is 0.166 e. The molecule has 0 spiro atoms. The van der Waals surface area contributed by atoms with Crippen LogP contribution in [0.1, 0.15) is 22.3 Å². The van der Waals surface area contributed by atoms with E-state index in [2.05, 4.69) is 9.93 Å². The van der Waals surface area contributed by atoms with Crippen molar-refractivity contribution in [2.45, 2.75) is 25.7 Å². The van der Waals surface area contributed by atoms with Crippen molar-refractivity contribution in [3.05, 3.63) is 64.7 Å². The van der Waals surface area contributed by atoms with Crippen molar-refractivity contribution in [1.29, 1.82) is 0 Å². The molecule has 0 aliphatic rings. The van der Waals surface area contributed by atoms with Gasteiger partial charge in [0.25, 0.3) is 0 Å². The third-order valence-corrected chi connectivity index (χ3v) is 4.38. The Hall–Kier alpha value is -1.65. The molecule has 2 aromatic rings. The van der Waals surface area contributed by atoms with Gasteiger partial charge in [-0.25, -0.2) is 9.04 Å². The molecule has 0 aliphatic heterocycles. The topological polar surface area (TPSA) is 41.5 Å². The molecule has 0 radical (unpaired) electrons. The van der Waals surface area contributed by atoms with E-state index in [9.17, 15) is 4.21 Å². The highest BCUT2D eigenvalue weighted by atomic mass is 35.5. The van der Waals surface area contributed by atoms with Crippen LogP contribution >= 0.6 is 11.6 Å². The third-order valence-electron chi connectivity index (χ3n) is 3.15. The Morgan fingerprint density at radius 1 is 1.05 bits per heavy atom. The van der Waals surface area contributed by atoms with E-state index in [0.29, 0.717) is 10.1 Å². The second-order valence-electron chi connectivity index (χ2n) is 4.84. The molecular formula is C16H17ClN2OS. The van der Waals surface area contributed by atoms with E-state index >= 15 is 0 Å². The van der Waals surface area contributed by atoms with Gasteiger partial charge in [0.15, 0.2) is 16.2 Å². The summed E-state index contributed by atoms with van der Waals surface area (Å²) in [7, 11) is -1.42. The molecule has 110 valence electrons. The molecule has 1 unspecified atom stereocenters. The molecule has 1 N–H and O–H groups in total. The van der Waals surface area contributed by atoms with E-state index in [0.717, 1.165) is 22.3 Å². The Bertz CT molecular complexity index is 676. The maximum atomic E-state index is 12.1. The molecule has 0 aliphatic carbocycles. The molecule has 0 saturated heterocycles. The molecule has 0 fully saturated rings. The highest BCUT2D eigenvalue weighted by Gasteiger charge is 2.08. The van der Waals surface area contributed by atoms with Gasteiger partial charge < -0.3 is 0 Å². The van der Waals surface area contributed by atoms with Gasteiger partial charge in [-0.1, -0.05) is 47.5 Å². The second-order valence-corrected chi connectivity index (χ2v) is 6.39. The summed E-state index contributed by atoms with van der Waals surface area (Å²) in [6.45, 7) is 5.92. The predicted molar refractivity (Wildman–Crippen MR) is 89.0 cm³/mol. The SMILES string of the molecule is Cc1ccc(S(=O)N/N=C(\Cl)c2c(C)cccc2C)cc1. The van der Waals surface area contributed by atoms with Gasteiger partial charge in [0, 0.05) is 5.56 Å². The fraction of sp³-hybridized carbons (Fsp3) is 0.188. The van der Waals surface area contributed by atoms with Gasteiger partial charge in [-0.05, 0) is 44.0 Å². The summed E-state index contributed by atoms with van der Waals surface area (Å²) in [6.07, 6.45) is 0. The number of hydrazone groups is 1. The van der Waals surface area contributed by atoms with Crippen LogP contribution in [-0.2, 0) is 11.0 Å². The van der Waals surface area contributed by atoms with Gasteiger partial charge in [0.1, 0.15) is 0 Å². The lowest BCUT2D eigenvalue weighted by molar-refractivity contribution is 0.675. The van der Waals surface area contributed by atoms with Gasteiger partial charge in [0.05, 0.1) is 4.90 Å². The summed E-state index contributed by atoms with van der Waals surface area (Å²) in [5.74, 6) is 0. The van der Waals surface area contributed by atoms with E-state index in [1.807, 2.05) is 51.1 Å². The van der Waals surface area contributed by atoms with E-state index in [-0.39, 0.29) is 0 Å². The highest BCUT2D eigenvalue weighted by molar-refractivity contribution is 7.83.